The molecule has 1 fully saturated rings. The van der Waals surface area contributed by atoms with E-state index < -0.39 is 5.54 Å². The van der Waals surface area contributed by atoms with E-state index >= 15 is 0 Å². The maximum absolute atomic E-state index is 12.0. The average molecular weight is 328 g/mol. The maximum atomic E-state index is 12.0. The van der Waals surface area contributed by atoms with Crippen LogP contribution in [0.15, 0.2) is 10.7 Å². The van der Waals surface area contributed by atoms with Crippen molar-refractivity contribution in [1.29, 1.82) is 0 Å². The molecule has 19 heavy (non-hydrogen) atoms. The summed E-state index contributed by atoms with van der Waals surface area (Å²) in [5.41, 5.74) is -0.626. The van der Waals surface area contributed by atoms with Crippen LogP contribution >= 0.6 is 15.9 Å². The van der Waals surface area contributed by atoms with Crippen molar-refractivity contribution >= 4 is 33.6 Å². The summed E-state index contributed by atoms with van der Waals surface area (Å²) in [7, 11) is 0. The number of aromatic nitrogens is 2. The SMILES string of the molecule is CCNc1ncc(Br)c(N2CCNC(=O)C2(C)C)n1. The second kappa shape index (κ2) is 5.32. The highest BCUT2D eigenvalue weighted by Crippen LogP contribution is 2.31. The van der Waals surface area contributed by atoms with Gasteiger partial charge in [0, 0.05) is 25.8 Å². The van der Waals surface area contributed by atoms with Gasteiger partial charge < -0.3 is 15.5 Å². The molecule has 0 bridgehead atoms. The van der Waals surface area contributed by atoms with Crippen molar-refractivity contribution in [2.45, 2.75) is 26.3 Å². The van der Waals surface area contributed by atoms with Gasteiger partial charge in [0.05, 0.1) is 4.47 Å². The number of nitrogens with zero attached hydrogens (tertiary/aromatic N) is 3. The first-order chi connectivity index (χ1) is 8.96. The van der Waals surface area contributed by atoms with Crippen molar-refractivity contribution in [3.05, 3.63) is 10.7 Å². The quantitative estimate of drug-likeness (QED) is 0.877. The second-order valence-electron chi connectivity index (χ2n) is 4.86. The van der Waals surface area contributed by atoms with Gasteiger partial charge >= 0.3 is 0 Å². The number of carbonyl (C=O) groups excluding carboxylic acids is 1. The maximum Gasteiger partial charge on any atom is 0.245 e. The Morgan fingerprint density at radius 1 is 1.58 bits per heavy atom. The Morgan fingerprint density at radius 2 is 2.32 bits per heavy atom. The van der Waals surface area contributed by atoms with Gasteiger partial charge in [-0.3, -0.25) is 4.79 Å². The van der Waals surface area contributed by atoms with Crippen LogP contribution in [-0.4, -0.2) is 41.0 Å². The zero-order valence-corrected chi connectivity index (χ0v) is 12.9. The van der Waals surface area contributed by atoms with Crippen LogP contribution in [0.25, 0.3) is 0 Å². The number of anilines is 2. The highest BCUT2D eigenvalue weighted by atomic mass is 79.9. The van der Waals surface area contributed by atoms with Crippen molar-refractivity contribution in [2.24, 2.45) is 0 Å². The second-order valence-corrected chi connectivity index (χ2v) is 5.72. The number of hydrogen-bond acceptors (Lipinski definition) is 5. The first-order valence-corrected chi connectivity index (χ1v) is 7.08. The summed E-state index contributed by atoms with van der Waals surface area (Å²) < 4.78 is 0.789. The molecule has 0 aromatic carbocycles. The van der Waals surface area contributed by atoms with Gasteiger partial charge in [-0.1, -0.05) is 0 Å². The van der Waals surface area contributed by atoms with Gasteiger partial charge in [0.1, 0.15) is 11.4 Å². The summed E-state index contributed by atoms with van der Waals surface area (Å²) in [5.74, 6) is 1.32. The molecule has 0 aliphatic carbocycles. The van der Waals surface area contributed by atoms with Crippen molar-refractivity contribution in [1.82, 2.24) is 15.3 Å². The Bertz CT molecular complexity index is 491. The summed E-state index contributed by atoms with van der Waals surface area (Å²) in [6.45, 7) is 7.87. The van der Waals surface area contributed by atoms with E-state index in [0.717, 1.165) is 23.4 Å². The largest absolute Gasteiger partial charge is 0.354 e. The third-order valence-electron chi connectivity index (χ3n) is 3.17. The lowest BCUT2D eigenvalue weighted by Gasteiger charge is -2.42. The van der Waals surface area contributed by atoms with Crippen molar-refractivity contribution in [3.63, 3.8) is 0 Å². The zero-order chi connectivity index (χ0) is 14.0. The molecule has 1 aliphatic heterocycles. The number of halogens is 1. The van der Waals surface area contributed by atoms with E-state index in [1.807, 2.05) is 25.7 Å². The van der Waals surface area contributed by atoms with Gasteiger partial charge in [0.15, 0.2) is 0 Å². The molecule has 1 aromatic rings. The standard InChI is InChI=1S/C12H18BrN5O/c1-4-14-11-16-7-8(13)9(17-11)18-6-5-15-10(19)12(18,2)3/h7H,4-6H2,1-3H3,(H,15,19)(H,14,16,17). The fraction of sp³-hybridized carbons (Fsp3) is 0.583. The number of nitrogens with one attached hydrogen (secondary N) is 2. The molecule has 104 valence electrons. The summed E-state index contributed by atoms with van der Waals surface area (Å²) in [4.78, 5) is 22.7. The van der Waals surface area contributed by atoms with Crippen LogP contribution in [0, 0.1) is 0 Å². The van der Waals surface area contributed by atoms with Gasteiger partial charge in [-0.05, 0) is 36.7 Å². The van der Waals surface area contributed by atoms with Crippen LogP contribution in [0.1, 0.15) is 20.8 Å². The summed E-state index contributed by atoms with van der Waals surface area (Å²) in [5, 5.41) is 5.96. The molecule has 7 heteroatoms. The van der Waals surface area contributed by atoms with Gasteiger partial charge in [-0.2, -0.15) is 4.98 Å². The Labute approximate surface area is 121 Å². The lowest BCUT2D eigenvalue weighted by molar-refractivity contribution is -0.126. The molecular weight excluding hydrogens is 310 g/mol. The number of piperazine rings is 1. The minimum Gasteiger partial charge on any atom is -0.354 e. The van der Waals surface area contributed by atoms with E-state index in [4.69, 9.17) is 0 Å². The monoisotopic (exact) mass is 327 g/mol. The fourth-order valence-corrected chi connectivity index (χ4v) is 2.47. The smallest absolute Gasteiger partial charge is 0.245 e. The van der Waals surface area contributed by atoms with E-state index in [0.29, 0.717) is 12.5 Å². The Hall–Kier alpha value is -1.37. The van der Waals surface area contributed by atoms with Crippen molar-refractivity contribution in [3.8, 4) is 0 Å². The first-order valence-electron chi connectivity index (χ1n) is 6.29. The minimum atomic E-state index is -0.626. The normalized spacial score (nSPS) is 18.1. The van der Waals surface area contributed by atoms with Crippen LogP contribution in [0.2, 0.25) is 0 Å². The molecule has 0 radical (unpaired) electrons. The fourth-order valence-electron chi connectivity index (χ4n) is 2.06. The lowest BCUT2D eigenvalue weighted by atomic mass is 9.99. The molecule has 1 aromatic heterocycles. The Kier molecular flexibility index (Phi) is 3.93. The molecule has 2 heterocycles. The van der Waals surface area contributed by atoms with E-state index in [-0.39, 0.29) is 5.91 Å². The minimum absolute atomic E-state index is 0.00858. The average Bonchev–Trinajstić information content (AvgIpc) is 2.36. The molecular formula is C12H18BrN5O. The van der Waals surface area contributed by atoms with E-state index in [2.05, 4.69) is 36.5 Å². The third kappa shape index (κ3) is 2.65. The van der Waals surface area contributed by atoms with Gasteiger partial charge in [0.2, 0.25) is 11.9 Å². The molecule has 2 rings (SSSR count). The first kappa shape index (κ1) is 14.0. The highest BCUT2D eigenvalue weighted by molar-refractivity contribution is 9.10. The number of amides is 1. The van der Waals surface area contributed by atoms with Gasteiger partial charge in [-0.15, -0.1) is 0 Å². The van der Waals surface area contributed by atoms with Crippen LogP contribution in [0.5, 0.6) is 0 Å². The molecule has 1 aliphatic rings. The Balaban J connectivity index is 2.39. The lowest BCUT2D eigenvalue weighted by Crippen LogP contribution is -2.62. The summed E-state index contributed by atoms with van der Waals surface area (Å²) in [6.07, 6.45) is 1.71. The molecule has 2 N–H and O–H groups in total. The molecule has 0 saturated carbocycles. The van der Waals surface area contributed by atoms with Crippen LogP contribution < -0.4 is 15.5 Å². The number of carbonyl (C=O) groups is 1. The predicted octanol–water partition coefficient (Wildman–Crippen LogP) is 1.39. The topological polar surface area (TPSA) is 70.2 Å². The van der Waals surface area contributed by atoms with E-state index in [1.54, 1.807) is 6.20 Å². The molecule has 6 nitrogen and oxygen atoms in total. The molecule has 0 atom stereocenters. The van der Waals surface area contributed by atoms with Crippen LogP contribution in [0.3, 0.4) is 0 Å². The molecule has 0 unspecified atom stereocenters. The number of rotatable bonds is 3. The molecule has 1 amide bonds. The van der Waals surface area contributed by atoms with Gasteiger partial charge in [-0.25, -0.2) is 4.98 Å². The third-order valence-corrected chi connectivity index (χ3v) is 3.73. The molecule has 1 saturated heterocycles. The van der Waals surface area contributed by atoms with E-state index in [9.17, 15) is 4.79 Å². The molecule has 0 spiro atoms. The van der Waals surface area contributed by atoms with Crippen LogP contribution in [0.4, 0.5) is 11.8 Å². The number of hydrogen-bond donors (Lipinski definition) is 2. The van der Waals surface area contributed by atoms with E-state index in [1.165, 1.54) is 0 Å². The Morgan fingerprint density at radius 3 is 3.00 bits per heavy atom. The predicted molar refractivity (Wildman–Crippen MR) is 78.3 cm³/mol. The van der Waals surface area contributed by atoms with Crippen molar-refractivity contribution in [2.75, 3.05) is 29.9 Å². The highest BCUT2D eigenvalue weighted by Gasteiger charge is 2.39. The van der Waals surface area contributed by atoms with Crippen molar-refractivity contribution < 1.29 is 4.79 Å². The zero-order valence-electron chi connectivity index (χ0n) is 11.3. The van der Waals surface area contributed by atoms with Crippen LogP contribution in [-0.2, 0) is 4.79 Å². The van der Waals surface area contributed by atoms with Gasteiger partial charge in [0.25, 0.3) is 0 Å². The summed E-state index contributed by atoms with van der Waals surface area (Å²) in [6, 6.07) is 0. The summed E-state index contributed by atoms with van der Waals surface area (Å²) >= 11 is 3.46.